The van der Waals surface area contributed by atoms with E-state index in [1.165, 1.54) is 5.57 Å². The van der Waals surface area contributed by atoms with E-state index in [0.717, 1.165) is 11.3 Å². The molecule has 82 valence electrons. The predicted molar refractivity (Wildman–Crippen MR) is 64.0 cm³/mol. The van der Waals surface area contributed by atoms with E-state index in [1.807, 2.05) is 31.2 Å². The quantitative estimate of drug-likeness (QED) is 0.767. The highest BCUT2D eigenvalue weighted by Crippen LogP contribution is 2.15. The summed E-state index contributed by atoms with van der Waals surface area (Å²) in [7, 11) is 0. The zero-order valence-corrected chi connectivity index (χ0v) is 9.66. The van der Waals surface area contributed by atoms with E-state index >= 15 is 0 Å². The minimum absolute atomic E-state index is 0.0804. The van der Waals surface area contributed by atoms with Gasteiger partial charge in [0.05, 0.1) is 0 Å². The normalized spacial score (nSPS) is 12.0. The Labute approximate surface area is 91.7 Å². The first kappa shape index (κ1) is 11.8. The zero-order valence-electron chi connectivity index (χ0n) is 9.66. The van der Waals surface area contributed by atoms with E-state index in [2.05, 4.69) is 19.9 Å². The van der Waals surface area contributed by atoms with E-state index in [4.69, 9.17) is 10.5 Å². The van der Waals surface area contributed by atoms with Gasteiger partial charge in [-0.25, -0.2) is 0 Å². The Morgan fingerprint density at radius 2 is 1.93 bits per heavy atom. The summed E-state index contributed by atoms with van der Waals surface area (Å²) in [5.41, 5.74) is 8.15. The van der Waals surface area contributed by atoms with Crippen molar-refractivity contribution in [2.24, 2.45) is 5.73 Å². The average molecular weight is 205 g/mol. The van der Waals surface area contributed by atoms with Crippen molar-refractivity contribution in [3.63, 3.8) is 0 Å². The molecule has 2 N–H and O–H groups in total. The number of hydrogen-bond donors (Lipinski definition) is 1. The lowest BCUT2D eigenvalue weighted by atomic mass is 10.1. The summed E-state index contributed by atoms with van der Waals surface area (Å²) >= 11 is 0. The first-order valence-electron chi connectivity index (χ1n) is 5.21. The molecule has 0 aromatic heterocycles. The molecule has 0 aliphatic heterocycles. The molecule has 0 amide bonds. The number of allylic oxidation sites excluding steroid dienone is 1. The highest BCUT2D eigenvalue weighted by Gasteiger charge is 1.98. The monoisotopic (exact) mass is 205 g/mol. The first-order chi connectivity index (χ1) is 7.09. The summed E-state index contributed by atoms with van der Waals surface area (Å²) in [5, 5.41) is 0. The second kappa shape index (κ2) is 5.56. The Morgan fingerprint density at radius 3 is 2.40 bits per heavy atom. The van der Waals surface area contributed by atoms with Crippen LogP contribution in [0, 0.1) is 0 Å². The van der Waals surface area contributed by atoms with Gasteiger partial charge >= 0.3 is 0 Å². The molecule has 2 nitrogen and oxygen atoms in total. The molecule has 1 aromatic rings. The van der Waals surface area contributed by atoms with E-state index in [9.17, 15) is 0 Å². The van der Waals surface area contributed by atoms with Gasteiger partial charge in [0.1, 0.15) is 12.4 Å². The minimum Gasteiger partial charge on any atom is -0.490 e. The summed E-state index contributed by atoms with van der Waals surface area (Å²) in [6.07, 6.45) is 2.06. The van der Waals surface area contributed by atoms with Crippen molar-refractivity contribution in [3.05, 3.63) is 41.5 Å². The molecule has 0 aliphatic rings. The van der Waals surface area contributed by atoms with Gasteiger partial charge in [0.15, 0.2) is 0 Å². The lowest BCUT2D eigenvalue weighted by Crippen LogP contribution is -2.04. The van der Waals surface area contributed by atoms with E-state index in [-0.39, 0.29) is 6.04 Å². The third kappa shape index (κ3) is 4.17. The number of nitrogens with two attached hydrogens (primary N) is 1. The van der Waals surface area contributed by atoms with E-state index < -0.39 is 0 Å². The SMILES string of the molecule is CC(C)=CCOc1ccc([C@H](C)N)cc1. The fraction of sp³-hybridized carbons (Fsp3) is 0.385. The van der Waals surface area contributed by atoms with Crippen LogP contribution in [0.2, 0.25) is 0 Å². The number of ether oxygens (including phenoxy) is 1. The van der Waals surface area contributed by atoms with Crippen molar-refractivity contribution in [2.75, 3.05) is 6.61 Å². The van der Waals surface area contributed by atoms with Crippen LogP contribution in [0.4, 0.5) is 0 Å². The lowest BCUT2D eigenvalue weighted by Gasteiger charge is -2.07. The van der Waals surface area contributed by atoms with Crippen LogP contribution in [0.25, 0.3) is 0 Å². The summed E-state index contributed by atoms with van der Waals surface area (Å²) in [6, 6.07) is 8.00. The van der Waals surface area contributed by atoms with Crippen molar-refractivity contribution in [3.8, 4) is 5.75 Å². The Morgan fingerprint density at radius 1 is 1.33 bits per heavy atom. The lowest BCUT2D eigenvalue weighted by molar-refractivity contribution is 0.362. The van der Waals surface area contributed by atoms with Crippen molar-refractivity contribution in [2.45, 2.75) is 26.8 Å². The largest absolute Gasteiger partial charge is 0.490 e. The van der Waals surface area contributed by atoms with Gasteiger partial charge in [0.2, 0.25) is 0 Å². The van der Waals surface area contributed by atoms with E-state index in [0.29, 0.717) is 6.61 Å². The molecule has 0 saturated heterocycles. The molecule has 1 rings (SSSR count). The second-order valence-corrected chi connectivity index (χ2v) is 3.95. The van der Waals surface area contributed by atoms with Gasteiger partial charge in [0, 0.05) is 6.04 Å². The van der Waals surface area contributed by atoms with Gasteiger partial charge in [-0.05, 0) is 44.5 Å². The highest BCUT2D eigenvalue weighted by molar-refractivity contribution is 5.28. The fourth-order valence-electron chi connectivity index (χ4n) is 1.17. The Bertz CT molecular complexity index is 321. The molecule has 0 saturated carbocycles. The van der Waals surface area contributed by atoms with Crippen molar-refractivity contribution in [1.29, 1.82) is 0 Å². The fourth-order valence-corrected chi connectivity index (χ4v) is 1.17. The zero-order chi connectivity index (χ0) is 11.3. The molecule has 1 aromatic carbocycles. The van der Waals surface area contributed by atoms with Gasteiger partial charge in [-0.3, -0.25) is 0 Å². The van der Waals surface area contributed by atoms with Crippen LogP contribution >= 0.6 is 0 Å². The number of benzene rings is 1. The standard InChI is InChI=1S/C13H19NO/c1-10(2)8-9-15-13-6-4-12(5-7-13)11(3)14/h4-8,11H,9,14H2,1-3H3/t11-/m0/s1. The first-order valence-corrected chi connectivity index (χ1v) is 5.21. The molecule has 0 fully saturated rings. The molecule has 0 heterocycles. The van der Waals surface area contributed by atoms with Crippen LogP contribution in [-0.4, -0.2) is 6.61 Å². The summed E-state index contributed by atoms with van der Waals surface area (Å²) in [5.74, 6) is 0.886. The van der Waals surface area contributed by atoms with E-state index in [1.54, 1.807) is 0 Å². The molecule has 1 atom stereocenters. The van der Waals surface area contributed by atoms with Crippen LogP contribution in [0.1, 0.15) is 32.4 Å². The second-order valence-electron chi connectivity index (χ2n) is 3.95. The van der Waals surface area contributed by atoms with Crippen LogP contribution in [0.5, 0.6) is 5.75 Å². The number of hydrogen-bond acceptors (Lipinski definition) is 2. The van der Waals surface area contributed by atoms with Gasteiger partial charge in [-0.15, -0.1) is 0 Å². The molecular weight excluding hydrogens is 186 g/mol. The minimum atomic E-state index is 0.0804. The molecule has 15 heavy (non-hydrogen) atoms. The van der Waals surface area contributed by atoms with Gasteiger partial charge in [-0.2, -0.15) is 0 Å². The number of rotatable bonds is 4. The average Bonchev–Trinajstić information content (AvgIpc) is 2.18. The molecular formula is C13H19NO. The summed E-state index contributed by atoms with van der Waals surface area (Å²) in [4.78, 5) is 0. The van der Waals surface area contributed by atoms with Crippen molar-refractivity contribution >= 4 is 0 Å². The maximum Gasteiger partial charge on any atom is 0.119 e. The maximum atomic E-state index is 5.75. The maximum absolute atomic E-state index is 5.75. The topological polar surface area (TPSA) is 35.2 Å². The predicted octanol–water partition coefficient (Wildman–Crippen LogP) is 3.05. The van der Waals surface area contributed by atoms with Gasteiger partial charge in [0.25, 0.3) is 0 Å². The van der Waals surface area contributed by atoms with Crippen LogP contribution in [0.15, 0.2) is 35.9 Å². The molecule has 0 unspecified atom stereocenters. The molecule has 0 aliphatic carbocycles. The molecule has 0 spiro atoms. The smallest absolute Gasteiger partial charge is 0.119 e. The third-order valence-corrected chi connectivity index (χ3v) is 2.15. The van der Waals surface area contributed by atoms with Crippen LogP contribution in [-0.2, 0) is 0 Å². The highest BCUT2D eigenvalue weighted by atomic mass is 16.5. The van der Waals surface area contributed by atoms with Crippen LogP contribution < -0.4 is 10.5 Å². The molecule has 2 heteroatoms. The third-order valence-electron chi connectivity index (χ3n) is 2.15. The molecule has 0 radical (unpaired) electrons. The Hall–Kier alpha value is -1.28. The van der Waals surface area contributed by atoms with Gasteiger partial charge in [-0.1, -0.05) is 17.7 Å². The Kier molecular flexibility index (Phi) is 4.37. The summed E-state index contributed by atoms with van der Waals surface area (Å²) < 4.78 is 5.53. The van der Waals surface area contributed by atoms with Crippen molar-refractivity contribution < 1.29 is 4.74 Å². The molecule has 0 bridgehead atoms. The van der Waals surface area contributed by atoms with Gasteiger partial charge < -0.3 is 10.5 Å². The summed E-state index contributed by atoms with van der Waals surface area (Å²) in [6.45, 7) is 6.71. The van der Waals surface area contributed by atoms with Crippen LogP contribution in [0.3, 0.4) is 0 Å². The van der Waals surface area contributed by atoms with Crippen molar-refractivity contribution in [1.82, 2.24) is 0 Å². The Balaban J connectivity index is 2.53.